The van der Waals surface area contributed by atoms with E-state index >= 15 is 0 Å². The van der Waals surface area contributed by atoms with Gasteiger partial charge in [-0.25, -0.2) is 9.97 Å². The maximum absolute atomic E-state index is 13.7. The van der Waals surface area contributed by atoms with Gasteiger partial charge in [-0.05, 0) is 30.0 Å². The van der Waals surface area contributed by atoms with Crippen molar-refractivity contribution in [3.05, 3.63) is 54.0 Å². The molecule has 5 nitrogen and oxygen atoms in total. The Labute approximate surface area is 178 Å². The van der Waals surface area contributed by atoms with Crippen molar-refractivity contribution < 1.29 is 17.9 Å². The SMILES string of the molecule is FC(F)(F)C1(CNc2nccc(-c3ccccc3)c2-c2nc3c([nH]2)COCC3)CCC1. The van der Waals surface area contributed by atoms with E-state index in [1.807, 2.05) is 36.4 Å². The second-order valence-electron chi connectivity index (χ2n) is 8.25. The van der Waals surface area contributed by atoms with E-state index < -0.39 is 11.6 Å². The van der Waals surface area contributed by atoms with Crippen LogP contribution >= 0.6 is 0 Å². The number of alkyl halides is 3. The Balaban J connectivity index is 1.57. The summed E-state index contributed by atoms with van der Waals surface area (Å²) >= 11 is 0. The first kappa shape index (κ1) is 20.1. The number of nitrogens with one attached hydrogen (secondary N) is 2. The first-order chi connectivity index (χ1) is 15.0. The van der Waals surface area contributed by atoms with Gasteiger partial charge in [0.05, 0.1) is 35.6 Å². The Morgan fingerprint density at radius 3 is 2.61 bits per heavy atom. The number of H-pyrrole nitrogens is 1. The minimum Gasteiger partial charge on any atom is -0.375 e. The molecule has 2 aromatic heterocycles. The second-order valence-corrected chi connectivity index (χ2v) is 8.25. The van der Waals surface area contributed by atoms with Crippen molar-refractivity contribution in [2.24, 2.45) is 5.41 Å². The molecule has 0 atom stereocenters. The highest BCUT2D eigenvalue weighted by Crippen LogP contribution is 2.53. The summed E-state index contributed by atoms with van der Waals surface area (Å²) in [5.74, 6) is 1.00. The zero-order valence-electron chi connectivity index (χ0n) is 16.9. The summed E-state index contributed by atoms with van der Waals surface area (Å²) in [6.07, 6.45) is -1.03. The van der Waals surface area contributed by atoms with Crippen LogP contribution in [0.5, 0.6) is 0 Å². The fourth-order valence-electron chi connectivity index (χ4n) is 4.34. The van der Waals surface area contributed by atoms with Crippen LogP contribution < -0.4 is 5.32 Å². The Morgan fingerprint density at radius 2 is 1.94 bits per heavy atom. The molecule has 1 aliphatic carbocycles. The average Bonchev–Trinajstić information content (AvgIpc) is 3.16. The van der Waals surface area contributed by atoms with E-state index in [4.69, 9.17) is 9.72 Å². The van der Waals surface area contributed by atoms with Gasteiger partial charge < -0.3 is 15.0 Å². The van der Waals surface area contributed by atoms with Crippen LogP contribution in [0.1, 0.15) is 30.7 Å². The average molecular weight is 428 g/mol. The monoisotopic (exact) mass is 428 g/mol. The first-order valence-corrected chi connectivity index (χ1v) is 10.5. The summed E-state index contributed by atoms with van der Waals surface area (Å²) in [5.41, 5.74) is 2.63. The number of hydrogen-bond acceptors (Lipinski definition) is 4. The Morgan fingerprint density at radius 1 is 1.13 bits per heavy atom. The van der Waals surface area contributed by atoms with E-state index in [9.17, 15) is 13.2 Å². The van der Waals surface area contributed by atoms with Crippen molar-refractivity contribution in [2.45, 2.75) is 38.5 Å². The molecule has 0 radical (unpaired) electrons. The number of rotatable bonds is 5. The molecule has 1 aromatic carbocycles. The number of halogens is 3. The fraction of sp³-hybridized carbons (Fsp3) is 0.391. The minimum absolute atomic E-state index is 0.142. The van der Waals surface area contributed by atoms with Crippen molar-refractivity contribution in [1.82, 2.24) is 15.0 Å². The van der Waals surface area contributed by atoms with Crippen LogP contribution in [-0.2, 0) is 17.8 Å². The number of aromatic amines is 1. The fourth-order valence-corrected chi connectivity index (χ4v) is 4.34. The molecule has 0 saturated heterocycles. The van der Waals surface area contributed by atoms with Gasteiger partial charge in [-0.15, -0.1) is 0 Å². The van der Waals surface area contributed by atoms with Crippen molar-refractivity contribution in [2.75, 3.05) is 18.5 Å². The smallest absolute Gasteiger partial charge is 0.375 e. The highest BCUT2D eigenvalue weighted by Gasteiger charge is 2.58. The lowest BCUT2D eigenvalue weighted by Gasteiger charge is -2.43. The van der Waals surface area contributed by atoms with Crippen molar-refractivity contribution >= 4 is 5.82 Å². The third-order valence-electron chi connectivity index (χ3n) is 6.37. The molecule has 1 aliphatic heterocycles. The summed E-state index contributed by atoms with van der Waals surface area (Å²) in [5, 5.41) is 3.03. The molecule has 3 aromatic rings. The predicted octanol–water partition coefficient (Wildman–Crippen LogP) is 5.36. The summed E-state index contributed by atoms with van der Waals surface area (Å²) in [4.78, 5) is 12.5. The number of anilines is 1. The molecule has 1 saturated carbocycles. The van der Waals surface area contributed by atoms with Crippen LogP contribution in [-0.4, -0.2) is 34.3 Å². The molecule has 8 heteroatoms. The Bertz CT molecular complexity index is 1050. The maximum Gasteiger partial charge on any atom is 0.396 e. The number of pyridine rings is 1. The van der Waals surface area contributed by atoms with Crippen LogP contribution in [0.15, 0.2) is 42.6 Å². The molecule has 3 heterocycles. The number of hydrogen-bond donors (Lipinski definition) is 2. The van der Waals surface area contributed by atoms with E-state index in [1.54, 1.807) is 6.20 Å². The lowest BCUT2D eigenvalue weighted by molar-refractivity contribution is -0.244. The van der Waals surface area contributed by atoms with Gasteiger partial charge in [0, 0.05) is 19.2 Å². The van der Waals surface area contributed by atoms with Crippen molar-refractivity contribution in [1.29, 1.82) is 0 Å². The standard InChI is InChI=1S/C23H23F3N4O/c24-23(25,26)22(9-4-10-22)14-28-20-19(21-29-17-8-12-31-13-18(17)30-21)16(7-11-27-20)15-5-2-1-3-6-15/h1-3,5-7,11H,4,8-10,12-14H2,(H,27,28)(H,29,30). The Kier molecular flexibility index (Phi) is 4.97. The summed E-state index contributed by atoms with van der Waals surface area (Å²) < 4.78 is 46.6. The molecular formula is C23H23F3N4O. The number of aromatic nitrogens is 3. The largest absolute Gasteiger partial charge is 0.396 e. The van der Waals surface area contributed by atoms with E-state index in [0.29, 0.717) is 43.3 Å². The van der Waals surface area contributed by atoms with Gasteiger partial charge >= 0.3 is 6.18 Å². The summed E-state index contributed by atoms with van der Waals surface area (Å²) in [6, 6.07) is 11.6. The zero-order valence-corrected chi connectivity index (χ0v) is 16.9. The van der Waals surface area contributed by atoms with Crippen LogP contribution in [0.4, 0.5) is 19.0 Å². The van der Waals surface area contributed by atoms with Gasteiger partial charge in [-0.3, -0.25) is 0 Å². The van der Waals surface area contributed by atoms with Crippen molar-refractivity contribution in [3.8, 4) is 22.5 Å². The quantitative estimate of drug-likeness (QED) is 0.575. The molecule has 0 spiro atoms. The summed E-state index contributed by atoms with van der Waals surface area (Å²) in [7, 11) is 0. The molecule has 0 bridgehead atoms. The lowest BCUT2D eigenvalue weighted by Crippen LogP contribution is -2.48. The molecule has 2 aliphatic rings. The maximum atomic E-state index is 13.7. The number of nitrogens with zero attached hydrogens (tertiary/aromatic N) is 2. The predicted molar refractivity (Wildman–Crippen MR) is 111 cm³/mol. The third kappa shape index (κ3) is 3.59. The zero-order chi connectivity index (χ0) is 21.5. The van der Waals surface area contributed by atoms with Gasteiger partial charge in [0.25, 0.3) is 0 Å². The molecule has 0 unspecified atom stereocenters. The molecule has 31 heavy (non-hydrogen) atoms. The van der Waals surface area contributed by atoms with Crippen molar-refractivity contribution in [3.63, 3.8) is 0 Å². The molecule has 2 N–H and O–H groups in total. The van der Waals surface area contributed by atoms with Crippen LogP contribution in [0, 0.1) is 5.41 Å². The molecular weight excluding hydrogens is 405 g/mol. The molecule has 1 fully saturated rings. The van der Waals surface area contributed by atoms with Gasteiger partial charge in [0.15, 0.2) is 0 Å². The number of benzene rings is 1. The van der Waals surface area contributed by atoms with E-state index in [0.717, 1.165) is 22.5 Å². The van der Waals surface area contributed by atoms with Crippen LogP contribution in [0.25, 0.3) is 22.5 Å². The lowest BCUT2D eigenvalue weighted by atomic mass is 9.68. The molecule has 0 amide bonds. The second kappa shape index (κ2) is 7.67. The van der Waals surface area contributed by atoms with Gasteiger partial charge in [0.2, 0.25) is 0 Å². The van der Waals surface area contributed by atoms with E-state index in [-0.39, 0.29) is 19.4 Å². The van der Waals surface area contributed by atoms with Crippen LogP contribution in [0.2, 0.25) is 0 Å². The minimum atomic E-state index is -4.24. The molecule has 5 rings (SSSR count). The van der Waals surface area contributed by atoms with Gasteiger partial charge in [-0.2, -0.15) is 13.2 Å². The number of imidazole rings is 1. The Hall–Kier alpha value is -2.87. The topological polar surface area (TPSA) is 62.8 Å². The highest BCUT2D eigenvalue weighted by molar-refractivity contribution is 5.87. The highest BCUT2D eigenvalue weighted by atomic mass is 19.4. The van der Waals surface area contributed by atoms with E-state index in [1.165, 1.54) is 0 Å². The van der Waals surface area contributed by atoms with Gasteiger partial charge in [-0.1, -0.05) is 36.8 Å². The van der Waals surface area contributed by atoms with Crippen LogP contribution in [0.3, 0.4) is 0 Å². The number of fused-ring (bicyclic) bond motifs is 1. The summed E-state index contributed by atoms with van der Waals surface area (Å²) in [6.45, 7) is 0.858. The first-order valence-electron chi connectivity index (χ1n) is 10.5. The molecule has 162 valence electrons. The van der Waals surface area contributed by atoms with Gasteiger partial charge in [0.1, 0.15) is 11.6 Å². The van der Waals surface area contributed by atoms with E-state index in [2.05, 4.69) is 15.3 Å². The number of ether oxygens (including phenoxy) is 1. The normalized spacial score (nSPS) is 17.6. The third-order valence-corrected chi connectivity index (χ3v) is 6.37.